The Morgan fingerprint density at radius 1 is 1.00 bits per heavy atom. The van der Waals surface area contributed by atoms with Crippen molar-refractivity contribution in [2.75, 3.05) is 32.7 Å². The molecular formula is C16H22N2O. The number of nitrogens with zero attached hydrogens (tertiary/aromatic N) is 2. The Bertz CT molecular complexity index is 516. The first-order valence-electron chi connectivity index (χ1n) is 7.15. The van der Waals surface area contributed by atoms with Crippen LogP contribution in [0.2, 0.25) is 0 Å². The second-order valence-corrected chi connectivity index (χ2v) is 5.97. The van der Waals surface area contributed by atoms with Gasteiger partial charge < -0.3 is 0 Å². The van der Waals surface area contributed by atoms with Gasteiger partial charge in [0.25, 0.3) is 0 Å². The van der Waals surface area contributed by atoms with E-state index in [-0.39, 0.29) is 6.04 Å². The van der Waals surface area contributed by atoms with E-state index in [2.05, 4.69) is 42.7 Å². The number of ketones is 1. The van der Waals surface area contributed by atoms with Gasteiger partial charge in [0.05, 0.1) is 6.04 Å². The molecule has 0 amide bonds. The number of fused-ring (bicyclic) bond motifs is 3. The number of carbonyl (C=O) groups excluding carboxylic acids is 1. The van der Waals surface area contributed by atoms with Crippen molar-refractivity contribution >= 4 is 5.78 Å². The lowest BCUT2D eigenvalue weighted by molar-refractivity contribution is 0.0159. The van der Waals surface area contributed by atoms with Gasteiger partial charge in [-0.25, -0.2) is 0 Å². The molecule has 1 aromatic rings. The molecule has 4 rings (SSSR count). The molecule has 3 aliphatic rings. The van der Waals surface area contributed by atoms with Crippen molar-refractivity contribution in [1.82, 2.24) is 9.80 Å². The Labute approximate surface area is 115 Å². The normalized spacial score (nSPS) is 29.5. The number of hydrogen-bond acceptors (Lipinski definition) is 3. The largest absolute Gasteiger partial charge is 0.299 e. The Morgan fingerprint density at radius 2 is 1.63 bits per heavy atom. The van der Waals surface area contributed by atoms with Gasteiger partial charge in [-0.15, -0.1) is 0 Å². The molecule has 3 saturated heterocycles. The fraction of sp³-hybridized carbons (Fsp3) is 0.562. The molecule has 3 nitrogen and oxygen atoms in total. The summed E-state index contributed by atoms with van der Waals surface area (Å²) in [5.74, 6) is 0.310. The zero-order chi connectivity index (χ0) is 13.6. The molecule has 1 aromatic carbocycles. The summed E-state index contributed by atoms with van der Waals surface area (Å²) in [7, 11) is 0. The standard InChI is InChI=1S/C16H22N2O/c1-11-8-13(3)14(9-12(11)2)16(19)15-10-17-4-6-18(15)7-5-17/h8-9,15H,4-7,10H2,1-3H3. The molecule has 102 valence electrons. The smallest absolute Gasteiger partial charge is 0.181 e. The molecule has 3 heterocycles. The van der Waals surface area contributed by atoms with Crippen LogP contribution in [-0.4, -0.2) is 54.3 Å². The van der Waals surface area contributed by atoms with E-state index in [4.69, 9.17) is 0 Å². The first-order valence-corrected chi connectivity index (χ1v) is 7.15. The maximum Gasteiger partial charge on any atom is 0.181 e. The molecular weight excluding hydrogens is 236 g/mol. The second kappa shape index (κ2) is 4.73. The van der Waals surface area contributed by atoms with Gasteiger partial charge in [-0.05, 0) is 43.5 Å². The minimum absolute atomic E-state index is 0.0725. The lowest BCUT2D eigenvalue weighted by atomic mass is 9.92. The van der Waals surface area contributed by atoms with Gasteiger partial charge in [0.2, 0.25) is 0 Å². The minimum atomic E-state index is 0.0725. The molecule has 0 aliphatic carbocycles. The summed E-state index contributed by atoms with van der Waals surface area (Å²) in [6, 6.07) is 4.29. The lowest BCUT2D eigenvalue weighted by Gasteiger charge is -2.46. The van der Waals surface area contributed by atoms with Crippen molar-refractivity contribution in [2.45, 2.75) is 26.8 Å². The Balaban J connectivity index is 1.90. The van der Waals surface area contributed by atoms with E-state index in [1.165, 1.54) is 11.1 Å². The summed E-state index contributed by atoms with van der Waals surface area (Å²) in [5.41, 5.74) is 4.51. The maximum atomic E-state index is 12.8. The van der Waals surface area contributed by atoms with E-state index in [1.807, 2.05) is 0 Å². The number of piperazine rings is 3. The summed E-state index contributed by atoms with van der Waals surface area (Å²) in [6.45, 7) is 11.5. The molecule has 19 heavy (non-hydrogen) atoms. The maximum absolute atomic E-state index is 12.8. The van der Waals surface area contributed by atoms with Crippen molar-refractivity contribution in [1.29, 1.82) is 0 Å². The highest BCUT2D eigenvalue weighted by Gasteiger charge is 2.36. The Morgan fingerprint density at radius 3 is 2.21 bits per heavy atom. The molecule has 3 fully saturated rings. The third-order valence-electron chi connectivity index (χ3n) is 4.69. The van der Waals surface area contributed by atoms with Crippen LogP contribution in [0.15, 0.2) is 12.1 Å². The number of carbonyl (C=O) groups is 1. The van der Waals surface area contributed by atoms with Crippen LogP contribution < -0.4 is 0 Å². The van der Waals surface area contributed by atoms with Gasteiger partial charge in [-0.2, -0.15) is 0 Å². The van der Waals surface area contributed by atoms with Gasteiger partial charge in [0.1, 0.15) is 0 Å². The molecule has 1 unspecified atom stereocenters. The highest BCUT2D eigenvalue weighted by molar-refractivity contribution is 6.01. The number of hydrogen-bond donors (Lipinski definition) is 0. The predicted octanol–water partition coefficient (Wildman–Crippen LogP) is 1.79. The zero-order valence-electron chi connectivity index (χ0n) is 12.1. The van der Waals surface area contributed by atoms with Crippen LogP contribution in [0.4, 0.5) is 0 Å². The van der Waals surface area contributed by atoms with Crippen molar-refractivity contribution in [3.63, 3.8) is 0 Å². The van der Waals surface area contributed by atoms with E-state index in [0.29, 0.717) is 5.78 Å². The van der Waals surface area contributed by atoms with Gasteiger partial charge in [-0.3, -0.25) is 14.6 Å². The molecule has 1 atom stereocenters. The van der Waals surface area contributed by atoms with Gasteiger partial charge in [0, 0.05) is 38.3 Å². The summed E-state index contributed by atoms with van der Waals surface area (Å²) in [5, 5.41) is 0. The van der Waals surface area contributed by atoms with E-state index in [0.717, 1.165) is 43.9 Å². The van der Waals surface area contributed by atoms with E-state index < -0.39 is 0 Å². The third kappa shape index (κ3) is 2.21. The highest BCUT2D eigenvalue weighted by atomic mass is 16.1. The average molecular weight is 258 g/mol. The number of rotatable bonds is 2. The third-order valence-corrected chi connectivity index (χ3v) is 4.69. The summed E-state index contributed by atoms with van der Waals surface area (Å²) < 4.78 is 0. The molecule has 0 N–H and O–H groups in total. The number of Topliss-reactive ketones (excluding diaryl/α,β-unsaturated/α-hetero) is 1. The Hall–Kier alpha value is -1.19. The van der Waals surface area contributed by atoms with Crippen molar-refractivity contribution in [3.05, 3.63) is 34.4 Å². The summed E-state index contributed by atoms with van der Waals surface area (Å²) in [4.78, 5) is 17.6. The Kier molecular flexibility index (Phi) is 3.19. The van der Waals surface area contributed by atoms with Crippen LogP contribution in [0.3, 0.4) is 0 Å². The summed E-state index contributed by atoms with van der Waals surface area (Å²) in [6.07, 6.45) is 0. The minimum Gasteiger partial charge on any atom is -0.299 e. The fourth-order valence-corrected chi connectivity index (χ4v) is 3.27. The SMILES string of the molecule is Cc1cc(C)c(C(=O)C2CN3CCN2CC3)cc1C. The quantitative estimate of drug-likeness (QED) is 0.756. The van der Waals surface area contributed by atoms with Crippen LogP contribution in [0.5, 0.6) is 0 Å². The van der Waals surface area contributed by atoms with E-state index in [9.17, 15) is 4.79 Å². The zero-order valence-corrected chi connectivity index (χ0v) is 12.1. The first-order chi connectivity index (χ1) is 9.06. The average Bonchev–Trinajstić information content (AvgIpc) is 2.43. The second-order valence-electron chi connectivity index (χ2n) is 5.97. The van der Waals surface area contributed by atoms with Crippen molar-refractivity contribution in [2.24, 2.45) is 0 Å². The predicted molar refractivity (Wildman–Crippen MR) is 76.8 cm³/mol. The van der Waals surface area contributed by atoms with E-state index in [1.54, 1.807) is 0 Å². The number of benzene rings is 1. The molecule has 0 spiro atoms. The molecule has 3 aliphatic heterocycles. The lowest BCUT2D eigenvalue weighted by Crippen LogP contribution is -2.63. The first kappa shape index (κ1) is 12.8. The van der Waals surface area contributed by atoms with E-state index >= 15 is 0 Å². The van der Waals surface area contributed by atoms with Gasteiger partial charge in [-0.1, -0.05) is 6.07 Å². The topological polar surface area (TPSA) is 23.6 Å². The van der Waals surface area contributed by atoms with Crippen LogP contribution in [0.25, 0.3) is 0 Å². The molecule has 0 aromatic heterocycles. The van der Waals surface area contributed by atoms with Crippen LogP contribution in [0.1, 0.15) is 27.0 Å². The molecule has 2 bridgehead atoms. The van der Waals surface area contributed by atoms with Gasteiger partial charge in [0.15, 0.2) is 5.78 Å². The monoisotopic (exact) mass is 258 g/mol. The summed E-state index contributed by atoms with van der Waals surface area (Å²) >= 11 is 0. The fourth-order valence-electron chi connectivity index (χ4n) is 3.27. The number of aryl methyl sites for hydroxylation is 3. The van der Waals surface area contributed by atoms with Crippen LogP contribution >= 0.6 is 0 Å². The molecule has 3 heteroatoms. The molecule has 0 saturated carbocycles. The van der Waals surface area contributed by atoms with Crippen LogP contribution in [-0.2, 0) is 0 Å². The van der Waals surface area contributed by atoms with Gasteiger partial charge >= 0.3 is 0 Å². The van der Waals surface area contributed by atoms with Crippen molar-refractivity contribution < 1.29 is 4.79 Å². The van der Waals surface area contributed by atoms with Crippen LogP contribution in [0, 0.1) is 20.8 Å². The van der Waals surface area contributed by atoms with Crippen molar-refractivity contribution in [3.8, 4) is 0 Å². The molecule has 0 radical (unpaired) electrons. The highest BCUT2D eigenvalue weighted by Crippen LogP contribution is 2.22.